The fourth-order valence-corrected chi connectivity index (χ4v) is 1.76. The molecule has 1 saturated heterocycles. The molecule has 1 rings (SSSR count). The quantitative estimate of drug-likeness (QED) is 0.725. The van der Waals surface area contributed by atoms with Gasteiger partial charge in [-0.05, 0) is 33.7 Å². The number of nitrogens with one attached hydrogen (secondary N) is 1. The molecular formula is C12H26N2O. The van der Waals surface area contributed by atoms with E-state index in [0.717, 1.165) is 32.3 Å². The first-order valence-corrected chi connectivity index (χ1v) is 6.11. The zero-order valence-corrected chi connectivity index (χ0v) is 10.7. The molecule has 15 heavy (non-hydrogen) atoms. The second-order valence-electron chi connectivity index (χ2n) is 5.31. The van der Waals surface area contributed by atoms with Crippen molar-refractivity contribution >= 4 is 0 Å². The molecule has 0 aromatic carbocycles. The van der Waals surface area contributed by atoms with Gasteiger partial charge in [0, 0.05) is 25.7 Å². The highest BCUT2D eigenvalue weighted by atomic mass is 16.5. The Balaban J connectivity index is 2.19. The van der Waals surface area contributed by atoms with Gasteiger partial charge in [-0.2, -0.15) is 0 Å². The van der Waals surface area contributed by atoms with E-state index in [-0.39, 0.29) is 5.60 Å². The van der Waals surface area contributed by atoms with E-state index < -0.39 is 0 Å². The number of rotatable bonds is 6. The number of nitrogens with zero attached hydrogens (tertiary/aromatic N) is 1. The molecule has 0 unspecified atom stereocenters. The molecule has 3 heteroatoms. The summed E-state index contributed by atoms with van der Waals surface area (Å²) in [4.78, 5) is 2.54. The van der Waals surface area contributed by atoms with Gasteiger partial charge in [-0.25, -0.2) is 0 Å². The van der Waals surface area contributed by atoms with Crippen LogP contribution in [0.5, 0.6) is 0 Å². The maximum atomic E-state index is 5.76. The summed E-state index contributed by atoms with van der Waals surface area (Å²) in [5.41, 5.74) is -0.00422. The van der Waals surface area contributed by atoms with Crippen molar-refractivity contribution in [1.82, 2.24) is 10.2 Å². The largest absolute Gasteiger partial charge is 0.375 e. The average molecular weight is 214 g/mol. The van der Waals surface area contributed by atoms with Crippen LogP contribution < -0.4 is 5.32 Å². The van der Waals surface area contributed by atoms with Gasteiger partial charge in [0.1, 0.15) is 0 Å². The topological polar surface area (TPSA) is 24.5 Å². The minimum absolute atomic E-state index is 0.00422. The minimum atomic E-state index is -0.00422. The van der Waals surface area contributed by atoms with Crippen molar-refractivity contribution < 1.29 is 4.74 Å². The van der Waals surface area contributed by atoms with Crippen LogP contribution in [0.15, 0.2) is 0 Å². The van der Waals surface area contributed by atoms with Gasteiger partial charge in [0.05, 0.1) is 12.2 Å². The van der Waals surface area contributed by atoms with Crippen LogP contribution in [0.3, 0.4) is 0 Å². The van der Waals surface area contributed by atoms with E-state index in [1.165, 1.54) is 13.0 Å². The molecule has 90 valence electrons. The number of hydrogen-bond acceptors (Lipinski definition) is 3. The van der Waals surface area contributed by atoms with Crippen molar-refractivity contribution in [1.29, 1.82) is 0 Å². The van der Waals surface area contributed by atoms with Crippen molar-refractivity contribution in [2.45, 2.75) is 45.8 Å². The molecule has 0 saturated carbocycles. The van der Waals surface area contributed by atoms with Crippen molar-refractivity contribution in [2.75, 3.05) is 32.8 Å². The first kappa shape index (κ1) is 12.9. The summed E-state index contributed by atoms with van der Waals surface area (Å²) >= 11 is 0. The maximum absolute atomic E-state index is 5.76. The molecule has 0 radical (unpaired) electrons. The molecule has 1 N–H and O–H groups in total. The van der Waals surface area contributed by atoms with Crippen molar-refractivity contribution in [2.24, 2.45) is 0 Å². The van der Waals surface area contributed by atoms with E-state index in [1.54, 1.807) is 0 Å². The number of ether oxygens (including phenoxy) is 1. The van der Waals surface area contributed by atoms with Gasteiger partial charge in [-0.1, -0.05) is 6.92 Å². The van der Waals surface area contributed by atoms with Crippen LogP contribution in [0, 0.1) is 0 Å². The van der Waals surface area contributed by atoms with Crippen molar-refractivity contribution in [3.8, 4) is 0 Å². The highest BCUT2D eigenvalue weighted by Crippen LogP contribution is 2.09. The van der Waals surface area contributed by atoms with Gasteiger partial charge in [-0.3, -0.25) is 4.90 Å². The molecule has 0 aromatic rings. The Labute approximate surface area is 94.2 Å². The standard InChI is InChI=1S/C12H26N2O/c1-5-6-14(11-9-13-10-11)7-8-15-12(2,3)4/h11,13H,5-10H2,1-4H3. The molecule has 0 bridgehead atoms. The second kappa shape index (κ2) is 5.83. The van der Waals surface area contributed by atoms with E-state index in [1.807, 2.05) is 0 Å². The lowest BCUT2D eigenvalue weighted by atomic mass is 10.1. The lowest BCUT2D eigenvalue weighted by Gasteiger charge is -2.38. The third-order valence-electron chi connectivity index (χ3n) is 2.70. The summed E-state index contributed by atoms with van der Waals surface area (Å²) in [7, 11) is 0. The van der Waals surface area contributed by atoms with Crippen molar-refractivity contribution in [3.05, 3.63) is 0 Å². The third kappa shape index (κ3) is 4.96. The zero-order valence-electron chi connectivity index (χ0n) is 10.7. The Morgan fingerprint density at radius 3 is 2.33 bits per heavy atom. The second-order valence-corrected chi connectivity index (χ2v) is 5.31. The van der Waals surface area contributed by atoms with Crippen LogP contribution in [0.25, 0.3) is 0 Å². The first-order valence-electron chi connectivity index (χ1n) is 6.11. The van der Waals surface area contributed by atoms with Crippen LogP contribution in [0.4, 0.5) is 0 Å². The Morgan fingerprint density at radius 2 is 1.93 bits per heavy atom. The van der Waals surface area contributed by atoms with Crippen LogP contribution in [0.2, 0.25) is 0 Å². The smallest absolute Gasteiger partial charge is 0.0600 e. The normalized spacial score (nSPS) is 18.2. The Bertz CT molecular complexity index is 173. The van der Waals surface area contributed by atoms with Gasteiger partial charge in [0.25, 0.3) is 0 Å². The van der Waals surface area contributed by atoms with Crippen LogP contribution in [-0.4, -0.2) is 49.3 Å². The van der Waals surface area contributed by atoms with E-state index in [4.69, 9.17) is 4.74 Å². The first-order chi connectivity index (χ1) is 7.03. The lowest BCUT2D eigenvalue weighted by Crippen LogP contribution is -2.58. The fraction of sp³-hybridized carbons (Fsp3) is 1.00. The van der Waals surface area contributed by atoms with Crippen LogP contribution >= 0.6 is 0 Å². The summed E-state index contributed by atoms with van der Waals surface area (Å²) in [6, 6.07) is 0.744. The monoisotopic (exact) mass is 214 g/mol. The highest BCUT2D eigenvalue weighted by Gasteiger charge is 2.23. The van der Waals surface area contributed by atoms with E-state index >= 15 is 0 Å². The highest BCUT2D eigenvalue weighted by molar-refractivity contribution is 4.84. The Hall–Kier alpha value is -0.120. The fourth-order valence-electron chi connectivity index (χ4n) is 1.76. The summed E-state index contributed by atoms with van der Waals surface area (Å²) in [6.45, 7) is 14.0. The SMILES string of the molecule is CCCN(CCOC(C)(C)C)C1CNC1. The van der Waals surface area contributed by atoms with Gasteiger partial charge < -0.3 is 10.1 Å². The zero-order chi connectivity index (χ0) is 11.3. The Kier molecular flexibility index (Phi) is 5.03. The van der Waals surface area contributed by atoms with E-state index in [2.05, 4.69) is 37.9 Å². The maximum Gasteiger partial charge on any atom is 0.0600 e. The van der Waals surface area contributed by atoms with E-state index in [0.29, 0.717) is 0 Å². The summed E-state index contributed by atoms with van der Waals surface area (Å²) in [5.74, 6) is 0. The molecule has 1 fully saturated rings. The van der Waals surface area contributed by atoms with Gasteiger partial charge in [0.15, 0.2) is 0 Å². The molecule has 0 spiro atoms. The summed E-state index contributed by atoms with van der Waals surface area (Å²) < 4.78 is 5.76. The predicted molar refractivity (Wildman–Crippen MR) is 64.2 cm³/mol. The molecular weight excluding hydrogens is 188 g/mol. The molecule has 0 aliphatic carbocycles. The molecule has 0 aromatic heterocycles. The Morgan fingerprint density at radius 1 is 1.27 bits per heavy atom. The van der Waals surface area contributed by atoms with Gasteiger partial charge in [0.2, 0.25) is 0 Å². The van der Waals surface area contributed by atoms with Gasteiger partial charge in [-0.15, -0.1) is 0 Å². The molecule has 1 aliphatic heterocycles. The van der Waals surface area contributed by atoms with Crippen molar-refractivity contribution in [3.63, 3.8) is 0 Å². The lowest BCUT2D eigenvalue weighted by molar-refractivity contribution is -0.0206. The predicted octanol–water partition coefficient (Wildman–Crippen LogP) is 1.49. The van der Waals surface area contributed by atoms with Crippen LogP contribution in [0.1, 0.15) is 34.1 Å². The molecule has 1 aliphatic rings. The minimum Gasteiger partial charge on any atom is -0.375 e. The molecule has 0 amide bonds. The molecule has 0 atom stereocenters. The van der Waals surface area contributed by atoms with E-state index in [9.17, 15) is 0 Å². The van der Waals surface area contributed by atoms with Crippen LogP contribution in [-0.2, 0) is 4.74 Å². The van der Waals surface area contributed by atoms with Gasteiger partial charge >= 0.3 is 0 Å². The summed E-state index contributed by atoms with van der Waals surface area (Å²) in [6.07, 6.45) is 1.23. The molecule has 1 heterocycles. The summed E-state index contributed by atoms with van der Waals surface area (Å²) in [5, 5.41) is 3.32. The molecule has 3 nitrogen and oxygen atoms in total. The number of hydrogen-bond donors (Lipinski definition) is 1. The third-order valence-corrected chi connectivity index (χ3v) is 2.70. The average Bonchev–Trinajstić information content (AvgIpc) is 1.98.